The molecule has 6 nitrogen and oxygen atoms in total. The Kier molecular flexibility index (Phi) is 5.04. The van der Waals surface area contributed by atoms with Crippen molar-refractivity contribution in [2.24, 2.45) is 23.5 Å². The zero-order valence-electron chi connectivity index (χ0n) is 14.0. The minimum absolute atomic E-state index is 0.0130. The molecule has 0 heterocycles. The molecule has 24 heavy (non-hydrogen) atoms. The number of nitrogens with one attached hydrogen (secondary N) is 2. The van der Waals surface area contributed by atoms with Crippen LogP contribution in [-0.4, -0.2) is 31.0 Å². The molecule has 2 bridgehead atoms. The molecule has 1 aromatic carbocycles. The van der Waals surface area contributed by atoms with Crippen LogP contribution < -0.4 is 21.1 Å². The fourth-order valence-electron chi connectivity index (χ4n) is 4.05. The fourth-order valence-corrected chi connectivity index (χ4v) is 4.05. The van der Waals surface area contributed by atoms with Crippen molar-refractivity contribution >= 4 is 17.5 Å². The summed E-state index contributed by atoms with van der Waals surface area (Å²) in [4.78, 5) is 23.4. The number of hydrogen-bond donors (Lipinski definition) is 3. The lowest BCUT2D eigenvalue weighted by molar-refractivity contribution is -0.127. The van der Waals surface area contributed by atoms with Crippen LogP contribution >= 0.6 is 0 Å². The molecular weight excluding hydrogens is 306 g/mol. The van der Waals surface area contributed by atoms with E-state index < -0.39 is 0 Å². The second-order valence-electron chi connectivity index (χ2n) is 6.78. The highest BCUT2D eigenvalue weighted by Crippen LogP contribution is 2.47. The number of carbonyl (C=O) groups excluding carboxylic acids is 2. The topological polar surface area (TPSA) is 93.5 Å². The third kappa shape index (κ3) is 3.70. The van der Waals surface area contributed by atoms with E-state index >= 15 is 0 Å². The number of rotatable bonds is 6. The molecule has 130 valence electrons. The largest absolute Gasteiger partial charge is 0.492 e. The van der Waals surface area contributed by atoms with Crippen molar-refractivity contribution in [1.82, 2.24) is 5.32 Å². The Labute approximate surface area is 142 Å². The molecule has 0 spiro atoms. The Morgan fingerprint density at radius 2 is 2.08 bits per heavy atom. The van der Waals surface area contributed by atoms with Crippen LogP contribution in [0.3, 0.4) is 0 Å². The standard InChI is InChI=1S/C18H25N3O3/c1-11(22)21-14-3-2-4-15(10-14)24-8-7-20-18(23)16-12-5-6-13(9-12)17(16)19/h2-4,10,12-13,16-17H,5-9,19H2,1H3,(H,20,23)(H,21,22). The summed E-state index contributed by atoms with van der Waals surface area (Å²) in [5.74, 6) is 1.55. The van der Waals surface area contributed by atoms with Gasteiger partial charge in [-0.25, -0.2) is 0 Å². The van der Waals surface area contributed by atoms with Crippen LogP contribution in [0.15, 0.2) is 24.3 Å². The molecule has 2 fully saturated rings. The Balaban J connectivity index is 1.42. The number of hydrogen-bond acceptors (Lipinski definition) is 4. The Hall–Kier alpha value is -2.08. The molecule has 4 N–H and O–H groups in total. The van der Waals surface area contributed by atoms with E-state index in [0.717, 1.165) is 12.8 Å². The molecule has 0 aliphatic heterocycles. The number of amides is 2. The van der Waals surface area contributed by atoms with Gasteiger partial charge < -0.3 is 21.1 Å². The van der Waals surface area contributed by atoms with Crippen molar-refractivity contribution in [3.05, 3.63) is 24.3 Å². The van der Waals surface area contributed by atoms with Gasteiger partial charge in [-0.3, -0.25) is 9.59 Å². The number of carbonyl (C=O) groups is 2. The molecule has 2 aliphatic rings. The van der Waals surface area contributed by atoms with Gasteiger partial charge in [0.15, 0.2) is 0 Å². The van der Waals surface area contributed by atoms with E-state index in [0.29, 0.717) is 36.4 Å². The summed E-state index contributed by atoms with van der Waals surface area (Å²) in [5.41, 5.74) is 6.88. The van der Waals surface area contributed by atoms with Crippen molar-refractivity contribution < 1.29 is 14.3 Å². The van der Waals surface area contributed by atoms with Gasteiger partial charge in [0.2, 0.25) is 11.8 Å². The minimum atomic E-state index is -0.124. The number of nitrogens with two attached hydrogens (primary N) is 1. The van der Waals surface area contributed by atoms with Gasteiger partial charge in [0.1, 0.15) is 12.4 Å². The Morgan fingerprint density at radius 1 is 1.29 bits per heavy atom. The van der Waals surface area contributed by atoms with Crippen LogP contribution in [0.25, 0.3) is 0 Å². The highest BCUT2D eigenvalue weighted by molar-refractivity contribution is 5.88. The lowest BCUT2D eigenvalue weighted by Crippen LogP contribution is -2.46. The molecule has 4 atom stereocenters. The van der Waals surface area contributed by atoms with E-state index in [1.54, 1.807) is 12.1 Å². The molecule has 0 radical (unpaired) electrons. The van der Waals surface area contributed by atoms with E-state index in [1.807, 2.05) is 12.1 Å². The van der Waals surface area contributed by atoms with Gasteiger partial charge in [0.25, 0.3) is 0 Å². The molecule has 6 heteroatoms. The van der Waals surface area contributed by atoms with Crippen LogP contribution in [0.4, 0.5) is 5.69 Å². The summed E-state index contributed by atoms with van der Waals surface area (Å²) in [5, 5.41) is 5.65. The van der Waals surface area contributed by atoms with Gasteiger partial charge in [0.05, 0.1) is 12.5 Å². The predicted octanol–water partition coefficient (Wildman–Crippen LogP) is 1.51. The van der Waals surface area contributed by atoms with Gasteiger partial charge in [-0.05, 0) is 43.2 Å². The highest BCUT2D eigenvalue weighted by atomic mass is 16.5. The normalized spacial score (nSPS) is 27.8. The summed E-state index contributed by atoms with van der Waals surface area (Å²) in [6, 6.07) is 7.20. The van der Waals surface area contributed by atoms with Crippen molar-refractivity contribution in [3.8, 4) is 5.75 Å². The second kappa shape index (κ2) is 7.21. The lowest BCUT2D eigenvalue weighted by Gasteiger charge is -2.27. The summed E-state index contributed by atoms with van der Waals surface area (Å²) >= 11 is 0. The van der Waals surface area contributed by atoms with Crippen LogP contribution in [0.2, 0.25) is 0 Å². The fraction of sp³-hybridized carbons (Fsp3) is 0.556. The molecule has 0 saturated heterocycles. The lowest BCUT2D eigenvalue weighted by atomic mass is 9.84. The Bertz CT molecular complexity index is 617. The van der Waals surface area contributed by atoms with E-state index in [9.17, 15) is 9.59 Å². The first-order valence-corrected chi connectivity index (χ1v) is 8.58. The predicted molar refractivity (Wildman–Crippen MR) is 91.5 cm³/mol. The molecular formula is C18H25N3O3. The van der Waals surface area contributed by atoms with Gasteiger partial charge in [-0.2, -0.15) is 0 Å². The van der Waals surface area contributed by atoms with Gasteiger partial charge in [0, 0.05) is 24.7 Å². The second-order valence-corrected chi connectivity index (χ2v) is 6.78. The monoisotopic (exact) mass is 331 g/mol. The summed E-state index contributed by atoms with van der Waals surface area (Å²) in [7, 11) is 0. The maximum absolute atomic E-state index is 12.3. The van der Waals surface area contributed by atoms with Crippen LogP contribution in [0.5, 0.6) is 5.75 Å². The summed E-state index contributed by atoms with van der Waals surface area (Å²) in [6.45, 7) is 2.29. The average Bonchev–Trinajstić information content (AvgIpc) is 3.12. The van der Waals surface area contributed by atoms with Crippen LogP contribution in [-0.2, 0) is 9.59 Å². The minimum Gasteiger partial charge on any atom is -0.492 e. The average molecular weight is 331 g/mol. The first-order chi connectivity index (χ1) is 11.5. The summed E-state index contributed by atoms with van der Waals surface area (Å²) < 4.78 is 5.63. The van der Waals surface area contributed by atoms with Crippen molar-refractivity contribution in [1.29, 1.82) is 0 Å². The molecule has 1 aromatic rings. The molecule has 0 aromatic heterocycles. The number of anilines is 1. The van der Waals surface area contributed by atoms with E-state index in [1.165, 1.54) is 13.3 Å². The van der Waals surface area contributed by atoms with E-state index in [-0.39, 0.29) is 23.8 Å². The third-order valence-corrected chi connectivity index (χ3v) is 5.11. The SMILES string of the molecule is CC(=O)Nc1cccc(OCCNC(=O)C2C3CCC(C3)C2N)c1. The van der Waals surface area contributed by atoms with Crippen molar-refractivity contribution in [2.45, 2.75) is 32.2 Å². The smallest absolute Gasteiger partial charge is 0.225 e. The first-order valence-electron chi connectivity index (χ1n) is 8.58. The van der Waals surface area contributed by atoms with Gasteiger partial charge in [-0.1, -0.05) is 6.07 Å². The molecule has 3 rings (SSSR count). The first kappa shape index (κ1) is 16.8. The zero-order valence-corrected chi connectivity index (χ0v) is 14.0. The van der Waals surface area contributed by atoms with Crippen molar-refractivity contribution in [2.75, 3.05) is 18.5 Å². The quantitative estimate of drug-likeness (QED) is 0.689. The van der Waals surface area contributed by atoms with Gasteiger partial charge in [-0.15, -0.1) is 0 Å². The van der Waals surface area contributed by atoms with Crippen LogP contribution in [0.1, 0.15) is 26.2 Å². The van der Waals surface area contributed by atoms with E-state index in [4.69, 9.17) is 10.5 Å². The number of ether oxygens (including phenoxy) is 1. The van der Waals surface area contributed by atoms with E-state index in [2.05, 4.69) is 10.6 Å². The summed E-state index contributed by atoms with van der Waals surface area (Å²) in [6.07, 6.45) is 3.40. The molecule has 2 amide bonds. The Morgan fingerprint density at radius 3 is 2.79 bits per heavy atom. The third-order valence-electron chi connectivity index (χ3n) is 5.11. The highest BCUT2D eigenvalue weighted by Gasteiger charge is 2.48. The number of benzene rings is 1. The molecule has 2 aliphatic carbocycles. The number of fused-ring (bicyclic) bond motifs is 2. The van der Waals surface area contributed by atoms with Gasteiger partial charge >= 0.3 is 0 Å². The molecule has 2 saturated carbocycles. The van der Waals surface area contributed by atoms with Crippen molar-refractivity contribution in [3.63, 3.8) is 0 Å². The maximum atomic E-state index is 12.3. The maximum Gasteiger partial charge on any atom is 0.225 e. The zero-order chi connectivity index (χ0) is 17.1. The molecule has 4 unspecified atom stereocenters. The van der Waals surface area contributed by atoms with Crippen LogP contribution in [0, 0.1) is 17.8 Å².